The van der Waals surface area contributed by atoms with Gasteiger partial charge in [-0.25, -0.2) is 4.98 Å². The van der Waals surface area contributed by atoms with Crippen LogP contribution in [0.3, 0.4) is 0 Å². The van der Waals surface area contributed by atoms with Gasteiger partial charge >= 0.3 is 0 Å². The molecule has 0 N–H and O–H groups in total. The maximum absolute atomic E-state index is 6.56. The van der Waals surface area contributed by atoms with Gasteiger partial charge in [-0.3, -0.25) is 0 Å². The molecule has 0 radical (unpaired) electrons. The van der Waals surface area contributed by atoms with Gasteiger partial charge in [-0.05, 0) is 65.8 Å². The number of rotatable bonds is 3. The molecule has 0 aliphatic heterocycles. The van der Waals surface area contributed by atoms with Crippen molar-refractivity contribution in [2.75, 3.05) is 0 Å². The Bertz CT molecular complexity index is 734. The highest BCUT2D eigenvalue weighted by molar-refractivity contribution is 6.32. The van der Waals surface area contributed by atoms with Gasteiger partial charge in [0.15, 0.2) is 0 Å². The third-order valence-electron chi connectivity index (χ3n) is 5.45. The molecule has 0 saturated carbocycles. The van der Waals surface area contributed by atoms with Crippen LogP contribution in [-0.2, 0) is 18.4 Å². The first kappa shape index (κ1) is 16.6. The van der Waals surface area contributed by atoms with Gasteiger partial charge in [0.05, 0.1) is 6.33 Å². The molecule has 1 atom stereocenters. The Morgan fingerprint density at radius 2 is 2.22 bits per heavy atom. The number of benzene rings is 1. The van der Waals surface area contributed by atoms with Gasteiger partial charge in [0, 0.05) is 24.0 Å². The zero-order chi connectivity index (χ0) is 15.2. The van der Waals surface area contributed by atoms with Crippen LogP contribution in [0.25, 0.3) is 6.08 Å². The van der Waals surface area contributed by atoms with E-state index in [9.17, 15) is 0 Å². The van der Waals surface area contributed by atoms with E-state index in [2.05, 4.69) is 34.7 Å². The number of hydrogen-bond donors (Lipinski definition) is 0. The van der Waals surface area contributed by atoms with Crippen LogP contribution in [0.2, 0.25) is 5.02 Å². The lowest BCUT2D eigenvalue weighted by molar-refractivity contribution is 0.335. The fraction of sp³-hybridized carbons (Fsp3) is 0.421. The summed E-state index contributed by atoms with van der Waals surface area (Å²) in [7, 11) is 0. The maximum atomic E-state index is 6.56. The Labute approximate surface area is 149 Å². The summed E-state index contributed by atoms with van der Waals surface area (Å²) in [6.45, 7) is 3.25. The fourth-order valence-electron chi connectivity index (χ4n) is 4.42. The van der Waals surface area contributed by atoms with Gasteiger partial charge in [0.1, 0.15) is 0 Å². The third-order valence-corrected chi connectivity index (χ3v) is 5.78. The molecule has 2 nitrogen and oxygen atoms in total. The Hall–Kier alpha value is -1.25. The van der Waals surface area contributed by atoms with E-state index in [1.54, 1.807) is 5.56 Å². The lowest BCUT2D eigenvalue weighted by atomic mass is 9.61. The lowest BCUT2D eigenvalue weighted by Crippen LogP contribution is -2.34. The monoisotopic (exact) mass is 348 g/mol. The topological polar surface area (TPSA) is 17.8 Å². The van der Waals surface area contributed by atoms with Gasteiger partial charge in [-0.2, -0.15) is 0 Å². The molecule has 0 spiro atoms. The van der Waals surface area contributed by atoms with Gasteiger partial charge in [0.2, 0.25) is 0 Å². The smallest absolute Gasteiger partial charge is 0.0948 e. The minimum Gasteiger partial charge on any atom is -0.333 e. The van der Waals surface area contributed by atoms with E-state index in [4.69, 9.17) is 11.6 Å². The summed E-state index contributed by atoms with van der Waals surface area (Å²) in [6, 6.07) is 4.33. The maximum Gasteiger partial charge on any atom is 0.0948 e. The molecule has 0 saturated heterocycles. The van der Waals surface area contributed by atoms with Crippen LogP contribution in [0.4, 0.5) is 0 Å². The molecule has 1 aromatic carbocycles. The highest BCUT2D eigenvalue weighted by Crippen LogP contribution is 2.50. The van der Waals surface area contributed by atoms with Gasteiger partial charge in [-0.1, -0.05) is 30.7 Å². The average Bonchev–Trinajstić information content (AvgIpc) is 3.03. The fourth-order valence-corrected chi connectivity index (χ4v) is 4.63. The second-order valence-corrected chi connectivity index (χ2v) is 7.10. The van der Waals surface area contributed by atoms with Crippen LogP contribution in [-0.4, -0.2) is 9.55 Å². The first-order chi connectivity index (χ1) is 10.7. The Morgan fingerprint density at radius 3 is 2.96 bits per heavy atom. The number of imidazole rings is 1. The van der Waals surface area contributed by atoms with Crippen molar-refractivity contribution in [2.24, 2.45) is 0 Å². The van der Waals surface area contributed by atoms with Crippen molar-refractivity contribution in [3.8, 4) is 0 Å². The molecule has 23 heavy (non-hydrogen) atoms. The van der Waals surface area contributed by atoms with E-state index in [-0.39, 0.29) is 12.4 Å². The summed E-state index contributed by atoms with van der Waals surface area (Å²) in [4.78, 5) is 4.16. The quantitative estimate of drug-likeness (QED) is 0.722. The summed E-state index contributed by atoms with van der Waals surface area (Å²) in [5.74, 6) is 0. The molecule has 2 aliphatic rings. The third kappa shape index (κ3) is 2.72. The van der Waals surface area contributed by atoms with Crippen molar-refractivity contribution in [3.63, 3.8) is 0 Å². The Morgan fingerprint density at radius 1 is 1.35 bits per heavy atom. The summed E-state index contributed by atoms with van der Waals surface area (Å²) in [5, 5.41) is 0.904. The van der Waals surface area contributed by atoms with Crippen molar-refractivity contribution >= 4 is 30.1 Å². The second-order valence-electron chi connectivity index (χ2n) is 6.70. The molecule has 0 fully saturated rings. The minimum atomic E-state index is 0. The van der Waals surface area contributed by atoms with Gasteiger partial charge in [0.25, 0.3) is 0 Å². The van der Waals surface area contributed by atoms with E-state index in [1.807, 2.05) is 18.7 Å². The molecule has 122 valence electrons. The van der Waals surface area contributed by atoms with Crippen LogP contribution in [0.15, 0.2) is 36.4 Å². The number of nitrogens with zero attached hydrogens (tertiary/aromatic N) is 2. The van der Waals surface area contributed by atoms with Crippen molar-refractivity contribution < 1.29 is 0 Å². The molecule has 1 heterocycles. The molecule has 2 aliphatic carbocycles. The highest BCUT2D eigenvalue weighted by atomic mass is 35.5. The molecule has 2 aromatic rings. The van der Waals surface area contributed by atoms with Crippen LogP contribution in [0.1, 0.15) is 49.3 Å². The van der Waals surface area contributed by atoms with Crippen LogP contribution in [0, 0.1) is 0 Å². The predicted molar refractivity (Wildman–Crippen MR) is 98.4 cm³/mol. The molecule has 4 heteroatoms. The zero-order valence-corrected chi connectivity index (χ0v) is 15.0. The van der Waals surface area contributed by atoms with Crippen molar-refractivity contribution in [2.45, 2.75) is 51.0 Å². The molecule has 0 bridgehead atoms. The number of allylic oxidation sites excluding steroid dienone is 1. The lowest BCUT2D eigenvalue weighted by Gasteiger charge is -2.43. The SMILES string of the molecule is CCC12CCCc3ccc(Cl)c(c31)C=C(Cn1ccnc1)C2.Cl. The van der Waals surface area contributed by atoms with E-state index in [1.165, 1.54) is 42.4 Å². The molecule has 0 amide bonds. The van der Waals surface area contributed by atoms with Gasteiger partial charge < -0.3 is 4.57 Å². The number of aromatic nitrogens is 2. The molecular weight excluding hydrogens is 327 g/mol. The van der Waals surface area contributed by atoms with E-state index >= 15 is 0 Å². The van der Waals surface area contributed by atoms with Crippen LogP contribution < -0.4 is 0 Å². The second kappa shape index (κ2) is 6.33. The predicted octanol–water partition coefficient (Wildman–Crippen LogP) is 5.43. The first-order valence-electron chi connectivity index (χ1n) is 8.19. The van der Waals surface area contributed by atoms with Crippen LogP contribution >= 0.6 is 24.0 Å². The molecule has 1 unspecified atom stereocenters. The average molecular weight is 349 g/mol. The number of hydrogen-bond acceptors (Lipinski definition) is 1. The van der Waals surface area contributed by atoms with Crippen LogP contribution in [0.5, 0.6) is 0 Å². The molecule has 1 aromatic heterocycles. The summed E-state index contributed by atoms with van der Waals surface area (Å²) in [6.07, 6.45) is 14.2. The first-order valence-corrected chi connectivity index (χ1v) is 8.57. The van der Waals surface area contributed by atoms with Gasteiger partial charge in [-0.15, -0.1) is 12.4 Å². The Balaban J connectivity index is 0.00000156. The summed E-state index contributed by atoms with van der Waals surface area (Å²) >= 11 is 6.56. The van der Waals surface area contributed by atoms with E-state index in [0.29, 0.717) is 5.41 Å². The minimum absolute atomic E-state index is 0. The normalized spacial score (nSPS) is 22.1. The summed E-state index contributed by atoms with van der Waals surface area (Å²) < 4.78 is 2.15. The highest BCUT2D eigenvalue weighted by Gasteiger charge is 2.40. The standard InChI is InChI=1S/C19H21ClN2.ClH/c1-2-19-7-3-4-15-5-6-17(20)16(18(15)19)10-14(11-19)12-22-9-8-21-13-22;/h5-6,8-10,13H,2-4,7,11-12H2,1H3;1H. The largest absolute Gasteiger partial charge is 0.333 e. The van der Waals surface area contributed by atoms with Crippen molar-refractivity contribution in [1.29, 1.82) is 0 Å². The van der Waals surface area contributed by atoms with Crippen molar-refractivity contribution in [3.05, 3.63) is 58.1 Å². The number of aryl methyl sites for hydroxylation is 1. The Kier molecular flexibility index (Phi) is 4.57. The van der Waals surface area contributed by atoms with E-state index < -0.39 is 0 Å². The molecular formula is C19H22Cl2N2. The zero-order valence-electron chi connectivity index (χ0n) is 13.4. The number of halogens is 2. The van der Waals surface area contributed by atoms with Crippen molar-refractivity contribution in [1.82, 2.24) is 9.55 Å². The van der Waals surface area contributed by atoms with E-state index in [0.717, 1.165) is 18.0 Å². The molecule has 4 rings (SSSR count). The summed E-state index contributed by atoms with van der Waals surface area (Å²) in [5.41, 5.74) is 6.10.